The van der Waals surface area contributed by atoms with E-state index in [2.05, 4.69) is 0 Å². The molecule has 2 aromatic rings. The van der Waals surface area contributed by atoms with Crippen molar-refractivity contribution in [1.82, 2.24) is 0 Å². The van der Waals surface area contributed by atoms with Gasteiger partial charge in [0.05, 0.1) is 0 Å². The number of rotatable bonds is 5. The number of ketones is 1. The largest absolute Gasteiger partial charge is 0.481 e. The minimum atomic E-state index is -0.860. The Kier molecular flexibility index (Phi) is 3.72. The van der Waals surface area contributed by atoms with Crippen molar-refractivity contribution in [2.75, 3.05) is 0 Å². The monoisotopic (exact) mass is 242 g/mol. The van der Waals surface area contributed by atoms with Crippen LogP contribution in [0.1, 0.15) is 29.6 Å². The highest BCUT2D eigenvalue weighted by molar-refractivity contribution is 6.08. The predicted molar refractivity (Wildman–Crippen MR) is 69.8 cm³/mol. The lowest BCUT2D eigenvalue weighted by molar-refractivity contribution is -0.137. The van der Waals surface area contributed by atoms with E-state index < -0.39 is 5.97 Å². The fraction of sp³-hybridized carbons (Fsp3) is 0.200. The number of hydrogen-bond donors (Lipinski definition) is 1. The standard InChI is InChI=1S/C15H14O3/c16-14(9-4-10-15(17)18)13-8-3-6-11-5-1-2-7-12(11)13/h1-3,5-8H,4,9-10H2,(H,17,18). The van der Waals surface area contributed by atoms with Crippen molar-refractivity contribution in [3.63, 3.8) is 0 Å². The lowest BCUT2D eigenvalue weighted by atomic mass is 9.99. The molecular formula is C15H14O3. The Morgan fingerprint density at radius 1 is 0.944 bits per heavy atom. The third-order valence-electron chi connectivity index (χ3n) is 2.88. The summed E-state index contributed by atoms with van der Waals surface area (Å²) in [6, 6.07) is 13.3. The molecule has 0 aliphatic rings. The predicted octanol–water partition coefficient (Wildman–Crippen LogP) is 3.28. The third kappa shape index (κ3) is 2.74. The molecule has 3 heteroatoms. The van der Waals surface area contributed by atoms with Gasteiger partial charge in [-0.15, -0.1) is 0 Å². The molecule has 0 aromatic heterocycles. The van der Waals surface area contributed by atoms with Crippen LogP contribution in [0.25, 0.3) is 10.8 Å². The lowest BCUT2D eigenvalue weighted by Crippen LogP contribution is -2.02. The number of carbonyl (C=O) groups excluding carboxylic acids is 1. The lowest BCUT2D eigenvalue weighted by Gasteiger charge is -2.05. The molecule has 0 fully saturated rings. The van der Waals surface area contributed by atoms with Crippen molar-refractivity contribution >= 4 is 22.5 Å². The van der Waals surface area contributed by atoms with Crippen LogP contribution < -0.4 is 0 Å². The summed E-state index contributed by atoms with van der Waals surface area (Å²) in [6.07, 6.45) is 0.703. The van der Waals surface area contributed by atoms with Crippen LogP contribution in [0, 0.1) is 0 Å². The van der Waals surface area contributed by atoms with Crippen LogP contribution in [0.15, 0.2) is 42.5 Å². The van der Waals surface area contributed by atoms with E-state index in [1.807, 2.05) is 36.4 Å². The highest BCUT2D eigenvalue weighted by atomic mass is 16.4. The molecule has 0 aliphatic carbocycles. The first-order chi connectivity index (χ1) is 8.68. The van der Waals surface area contributed by atoms with Crippen molar-refractivity contribution in [3.8, 4) is 0 Å². The van der Waals surface area contributed by atoms with E-state index in [9.17, 15) is 9.59 Å². The number of hydrogen-bond acceptors (Lipinski definition) is 2. The van der Waals surface area contributed by atoms with Crippen LogP contribution in [0.3, 0.4) is 0 Å². The smallest absolute Gasteiger partial charge is 0.303 e. The molecule has 1 N–H and O–H groups in total. The van der Waals surface area contributed by atoms with Crippen LogP contribution in [0.4, 0.5) is 0 Å². The highest BCUT2D eigenvalue weighted by Gasteiger charge is 2.10. The van der Waals surface area contributed by atoms with Gasteiger partial charge in [0.25, 0.3) is 0 Å². The van der Waals surface area contributed by atoms with E-state index in [4.69, 9.17) is 5.11 Å². The Hall–Kier alpha value is -2.16. The highest BCUT2D eigenvalue weighted by Crippen LogP contribution is 2.20. The molecule has 0 aliphatic heterocycles. The topological polar surface area (TPSA) is 54.4 Å². The molecular weight excluding hydrogens is 228 g/mol. The molecule has 2 rings (SSSR count). The molecule has 2 aromatic carbocycles. The molecule has 0 spiro atoms. The number of Topliss-reactive ketones (excluding diaryl/α,β-unsaturated/α-hetero) is 1. The molecule has 0 atom stereocenters. The van der Waals surface area contributed by atoms with Gasteiger partial charge in [-0.05, 0) is 17.2 Å². The van der Waals surface area contributed by atoms with Crippen LogP contribution >= 0.6 is 0 Å². The summed E-state index contributed by atoms with van der Waals surface area (Å²) in [5, 5.41) is 10.5. The zero-order chi connectivity index (χ0) is 13.0. The van der Waals surface area contributed by atoms with Crippen LogP contribution in [0.5, 0.6) is 0 Å². The van der Waals surface area contributed by atoms with Gasteiger partial charge >= 0.3 is 5.97 Å². The minimum absolute atomic E-state index is 0.00745. The summed E-state index contributed by atoms with van der Waals surface area (Å²) >= 11 is 0. The molecule has 0 saturated carbocycles. The van der Waals surface area contributed by atoms with Gasteiger partial charge < -0.3 is 5.11 Å². The fourth-order valence-electron chi connectivity index (χ4n) is 2.00. The molecule has 0 radical (unpaired) electrons. The van der Waals surface area contributed by atoms with E-state index in [1.54, 1.807) is 6.07 Å². The Morgan fingerprint density at radius 3 is 2.44 bits per heavy atom. The summed E-state index contributed by atoms with van der Waals surface area (Å²) in [6.45, 7) is 0. The van der Waals surface area contributed by atoms with Gasteiger partial charge in [-0.25, -0.2) is 0 Å². The average Bonchev–Trinajstić information content (AvgIpc) is 2.37. The van der Waals surface area contributed by atoms with E-state index in [1.165, 1.54) is 0 Å². The number of carboxylic acid groups (broad SMARTS) is 1. The molecule has 92 valence electrons. The maximum Gasteiger partial charge on any atom is 0.303 e. The van der Waals surface area contributed by atoms with Crippen molar-refractivity contribution in [3.05, 3.63) is 48.0 Å². The number of benzene rings is 2. The maximum atomic E-state index is 12.0. The summed E-state index contributed by atoms with van der Waals surface area (Å²) in [5.41, 5.74) is 0.679. The summed E-state index contributed by atoms with van der Waals surface area (Å²) in [7, 11) is 0. The fourth-order valence-corrected chi connectivity index (χ4v) is 2.00. The molecule has 18 heavy (non-hydrogen) atoms. The zero-order valence-electron chi connectivity index (χ0n) is 9.93. The van der Waals surface area contributed by atoms with Gasteiger partial charge in [0.1, 0.15) is 0 Å². The second-order valence-electron chi connectivity index (χ2n) is 4.20. The van der Waals surface area contributed by atoms with E-state index in [0.717, 1.165) is 10.8 Å². The Balaban J connectivity index is 2.20. The van der Waals surface area contributed by atoms with E-state index in [0.29, 0.717) is 12.0 Å². The Bertz CT molecular complexity index is 582. The Labute approximate surface area is 105 Å². The SMILES string of the molecule is O=C(O)CCCC(=O)c1cccc2ccccc12. The first-order valence-corrected chi connectivity index (χ1v) is 5.91. The quantitative estimate of drug-likeness (QED) is 0.818. The number of aliphatic carboxylic acids is 1. The average molecular weight is 242 g/mol. The van der Waals surface area contributed by atoms with Crippen molar-refractivity contribution in [2.45, 2.75) is 19.3 Å². The summed E-state index contributed by atoms with van der Waals surface area (Å²) < 4.78 is 0. The third-order valence-corrected chi connectivity index (χ3v) is 2.88. The van der Waals surface area contributed by atoms with Gasteiger partial charge in [-0.2, -0.15) is 0 Å². The maximum absolute atomic E-state index is 12.0. The normalized spacial score (nSPS) is 10.4. The number of fused-ring (bicyclic) bond motifs is 1. The van der Waals surface area contributed by atoms with Gasteiger partial charge in [0, 0.05) is 18.4 Å². The second kappa shape index (κ2) is 5.45. The first-order valence-electron chi connectivity index (χ1n) is 5.91. The van der Waals surface area contributed by atoms with Crippen LogP contribution in [-0.2, 0) is 4.79 Å². The van der Waals surface area contributed by atoms with E-state index >= 15 is 0 Å². The molecule has 0 amide bonds. The van der Waals surface area contributed by atoms with Crippen LogP contribution in [0.2, 0.25) is 0 Å². The first kappa shape index (κ1) is 12.3. The molecule has 0 bridgehead atoms. The van der Waals surface area contributed by atoms with Crippen molar-refractivity contribution in [1.29, 1.82) is 0 Å². The van der Waals surface area contributed by atoms with Gasteiger partial charge in [-0.3, -0.25) is 9.59 Å². The summed E-state index contributed by atoms with van der Waals surface area (Å²) in [4.78, 5) is 22.5. The van der Waals surface area contributed by atoms with Crippen LogP contribution in [-0.4, -0.2) is 16.9 Å². The number of carboxylic acids is 1. The minimum Gasteiger partial charge on any atom is -0.481 e. The van der Waals surface area contributed by atoms with Crippen molar-refractivity contribution < 1.29 is 14.7 Å². The van der Waals surface area contributed by atoms with E-state index in [-0.39, 0.29) is 18.6 Å². The molecule has 0 heterocycles. The van der Waals surface area contributed by atoms with Gasteiger partial charge in [0.2, 0.25) is 0 Å². The Morgan fingerprint density at radius 2 is 1.67 bits per heavy atom. The number of carbonyl (C=O) groups is 2. The molecule has 0 saturated heterocycles. The molecule has 3 nitrogen and oxygen atoms in total. The molecule has 0 unspecified atom stereocenters. The zero-order valence-corrected chi connectivity index (χ0v) is 9.93. The second-order valence-corrected chi connectivity index (χ2v) is 4.20. The van der Waals surface area contributed by atoms with Crippen molar-refractivity contribution in [2.24, 2.45) is 0 Å². The van der Waals surface area contributed by atoms with Gasteiger partial charge in [0.15, 0.2) is 5.78 Å². The van der Waals surface area contributed by atoms with Gasteiger partial charge in [-0.1, -0.05) is 42.5 Å². The summed E-state index contributed by atoms with van der Waals surface area (Å²) in [5.74, 6) is -0.853.